The Morgan fingerprint density at radius 2 is 1.80 bits per heavy atom. The molecule has 3 atom stereocenters. The molecule has 1 fully saturated rings. The van der Waals surface area contributed by atoms with Crippen LogP contribution in [0.15, 0.2) is 42.5 Å². The first-order valence-electron chi connectivity index (χ1n) is 7.75. The molecule has 2 nitrogen and oxygen atoms in total. The zero-order valence-corrected chi connectivity index (χ0v) is 12.2. The molecule has 0 bridgehead atoms. The maximum Gasteiger partial charge on any atom is 0.0301 e. The van der Waals surface area contributed by atoms with E-state index in [1.165, 1.54) is 35.6 Å². The molecule has 3 rings (SSSR count). The van der Waals surface area contributed by atoms with E-state index in [9.17, 15) is 0 Å². The average molecular weight is 268 g/mol. The Hall–Kier alpha value is -1.38. The van der Waals surface area contributed by atoms with E-state index in [1.807, 2.05) is 0 Å². The second kappa shape index (κ2) is 5.94. The highest BCUT2D eigenvalue weighted by Crippen LogP contribution is 2.26. The van der Waals surface area contributed by atoms with Crippen molar-refractivity contribution >= 4 is 10.8 Å². The fraction of sp³-hybridized carbons (Fsp3) is 0.444. The van der Waals surface area contributed by atoms with E-state index in [0.717, 1.165) is 6.42 Å². The number of nitrogens with two attached hydrogens (primary N) is 1. The van der Waals surface area contributed by atoms with Crippen LogP contribution in [0.1, 0.15) is 44.2 Å². The first-order valence-corrected chi connectivity index (χ1v) is 7.75. The minimum atomic E-state index is 0.307. The molecular formula is C18H24N2. The molecule has 0 aromatic heterocycles. The zero-order valence-electron chi connectivity index (χ0n) is 12.2. The molecule has 0 heterocycles. The Balaban J connectivity index is 1.83. The van der Waals surface area contributed by atoms with E-state index < -0.39 is 0 Å². The Morgan fingerprint density at radius 1 is 1.05 bits per heavy atom. The topological polar surface area (TPSA) is 38.0 Å². The highest BCUT2D eigenvalue weighted by Gasteiger charge is 2.23. The van der Waals surface area contributed by atoms with Gasteiger partial charge in [-0.25, -0.2) is 0 Å². The molecule has 0 amide bonds. The number of benzene rings is 2. The molecule has 1 saturated carbocycles. The third kappa shape index (κ3) is 2.72. The molecule has 20 heavy (non-hydrogen) atoms. The maximum absolute atomic E-state index is 6.26. The Kier molecular flexibility index (Phi) is 4.04. The van der Waals surface area contributed by atoms with Gasteiger partial charge in [0, 0.05) is 18.1 Å². The van der Waals surface area contributed by atoms with Gasteiger partial charge in [0.25, 0.3) is 0 Å². The van der Waals surface area contributed by atoms with E-state index in [-0.39, 0.29) is 0 Å². The van der Waals surface area contributed by atoms with Crippen LogP contribution in [0.3, 0.4) is 0 Å². The van der Waals surface area contributed by atoms with E-state index in [0.29, 0.717) is 18.1 Å². The third-order valence-electron chi connectivity index (χ3n) is 4.57. The average Bonchev–Trinajstić information content (AvgIpc) is 2.49. The van der Waals surface area contributed by atoms with Gasteiger partial charge in [-0.1, -0.05) is 55.3 Å². The molecule has 106 valence electrons. The van der Waals surface area contributed by atoms with E-state index in [4.69, 9.17) is 5.73 Å². The molecule has 0 saturated heterocycles. The highest BCUT2D eigenvalue weighted by atomic mass is 15.0. The first kappa shape index (κ1) is 13.6. The van der Waals surface area contributed by atoms with Crippen molar-refractivity contribution in [1.82, 2.24) is 5.32 Å². The molecule has 2 aromatic carbocycles. The van der Waals surface area contributed by atoms with Crippen molar-refractivity contribution in [3.8, 4) is 0 Å². The van der Waals surface area contributed by atoms with Crippen molar-refractivity contribution in [2.45, 2.75) is 50.7 Å². The largest absolute Gasteiger partial charge is 0.326 e. The summed E-state index contributed by atoms with van der Waals surface area (Å²) in [6.45, 7) is 2.25. The molecule has 0 aliphatic heterocycles. The first-order chi connectivity index (χ1) is 9.75. The monoisotopic (exact) mass is 268 g/mol. The van der Waals surface area contributed by atoms with Crippen LogP contribution in [0, 0.1) is 0 Å². The Bertz CT molecular complexity index is 573. The smallest absolute Gasteiger partial charge is 0.0301 e. The van der Waals surface area contributed by atoms with Gasteiger partial charge in [0.15, 0.2) is 0 Å². The minimum absolute atomic E-state index is 0.307. The molecular weight excluding hydrogens is 244 g/mol. The third-order valence-corrected chi connectivity index (χ3v) is 4.57. The summed E-state index contributed by atoms with van der Waals surface area (Å²) in [5, 5.41) is 6.41. The van der Waals surface area contributed by atoms with Crippen LogP contribution in [0.2, 0.25) is 0 Å². The van der Waals surface area contributed by atoms with E-state index in [2.05, 4.69) is 54.7 Å². The predicted molar refractivity (Wildman–Crippen MR) is 85.7 cm³/mol. The van der Waals surface area contributed by atoms with Crippen molar-refractivity contribution in [3.05, 3.63) is 48.0 Å². The minimum Gasteiger partial charge on any atom is -0.326 e. The van der Waals surface area contributed by atoms with Gasteiger partial charge >= 0.3 is 0 Å². The number of fused-ring (bicyclic) bond motifs is 1. The zero-order chi connectivity index (χ0) is 13.9. The van der Waals surface area contributed by atoms with Crippen molar-refractivity contribution in [2.24, 2.45) is 5.73 Å². The molecule has 1 aliphatic rings. The van der Waals surface area contributed by atoms with E-state index >= 15 is 0 Å². The lowest BCUT2D eigenvalue weighted by molar-refractivity contribution is 0.307. The number of rotatable bonds is 3. The summed E-state index contributed by atoms with van der Waals surface area (Å²) >= 11 is 0. The highest BCUT2D eigenvalue weighted by molar-refractivity contribution is 5.86. The van der Waals surface area contributed by atoms with E-state index in [1.54, 1.807) is 0 Å². The van der Waals surface area contributed by atoms with Gasteiger partial charge in [0.1, 0.15) is 0 Å². The predicted octanol–water partition coefficient (Wildman–Crippen LogP) is 3.76. The van der Waals surface area contributed by atoms with Gasteiger partial charge in [0.2, 0.25) is 0 Å². The van der Waals surface area contributed by atoms with Gasteiger partial charge in [-0.05, 0) is 36.1 Å². The summed E-state index contributed by atoms with van der Waals surface area (Å²) in [5.74, 6) is 0. The van der Waals surface area contributed by atoms with Crippen molar-refractivity contribution < 1.29 is 0 Å². The normalized spacial score (nSPS) is 24.7. The van der Waals surface area contributed by atoms with Gasteiger partial charge < -0.3 is 11.1 Å². The van der Waals surface area contributed by atoms with Crippen LogP contribution in [0.5, 0.6) is 0 Å². The van der Waals surface area contributed by atoms with Crippen LogP contribution >= 0.6 is 0 Å². The summed E-state index contributed by atoms with van der Waals surface area (Å²) in [6.07, 6.45) is 4.94. The Labute approximate surface area is 121 Å². The lowest BCUT2D eigenvalue weighted by Gasteiger charge is -2.32. The molecule has 2 aromatic rings. The summed E-state index contributed by atoms with van der Waals surface area (Å²) in [5.41, 5.74) is 7.63. The molecule has 1 unspecified atom stereocenters. The van der Waals surface area contributed by atoms with Crippen LogP contribution in [-0.4, -0.2) is 12.1 Å². The number of hydrogen-bond acceptors (Lipinski definition) is 2. The van der Waals surface area contributed by atoms with Crippen LogP contribution in [0.25, 0.3) is 10.8 Å². The quantitative estimate of drug-likeness (QED) is 0.889. The van der Waals surface area contributed by atoms with Gasteiger partial charge in [-0.15, -0.1) is 0 Å². The molecule has 0 spiro atoms. The standard InChI is InChI=1S/C18H24N2/c1-13(20-18-12-5-4-11-17(18)19)15-10-6-8-14-7-2-3-9-16(14)15/h2-3,6-10,13,17-18,20H,4-5,11-12,19H2,1H3/t13?,17-,18-/m1/s1. The summed E-state index contributed by atoms with van der Waals surface area (Å²) in [7, 11) is 0. The van der Waals surface area contributed by atoms with Crippen LogP contribution < -0.4 is 11.1 Å². The van der Waals surface area contributed by atoms with Crippen LogP contribution in [0.4, 0.5) is 0 Å². The summed E-state index contributed by atoms with van der Waals surface area (Å²) in [6, 6.07) is 16.3. The Morgan fingerprint density at radius 3 is 2.65 bits per heavy atom. The summed E-state index contributed by atoms with van der Waals surface area (Å²) in [4.78, 5) is 0. The molecule has 1 aliphatic carbocycles. The fourth-order valence-electron chi connectivity index (χ4n) is 3.41. The van der Waals surface area contributed by atoms with Gasteiger partial charge in [-0.3, -0.25) is 0 Å². The van der Waals surface area contributed by atoms with Crippen molar-refractivity contribution in [2.75, 3.05) is 0 Å². The van der Waals surface area contributed by atoms with Crippen molar-refractivity contribution in [3.63, 3.8) is 0 Å². The van der Waals surface area contributed by atoms with Gasteiger partial charge in [0.05, 0.1) is 0 Å². The fourth-order valence-corrected chi connectivity index (χ4v) is 3.41. The maximum atomic E-state index is 6.26. The number of nitrogens with one attached hydrogen (secondary N) is 1. The molecule has 3 N–H and O–H groups in total. The van der Waals surface area contributed by atoms with Gasteiger partial charge in [-0.2, -0.15) is 0 Å². The number of hydrogen-bond donors (Lipinski definition) is 2. The lowest BCUT2D eigenvalue weighted by Crippen LogP contribution is -2.47. The second-order valence-corrected chi connectivity index (χ2v) is 6.01. The molecule has 0 radical (unpaired) electrons. The van der Waals surface area contributed by atoms with Crippen LogP contribution in [-0.2, 0) is 0 Å². The molecule has 2 heteroatoms. The second-order valence-electron chi connectivity index (χ2n) is 6.01. The lowest BCUT2D eigenvalue weighted by atomic mass is 9.89. The van der Waals surface area contributed by atoms with Crippen molar-refractivity contribution in [1.29, 1.82) is 0 Å². The summed E-state index contributed by atoms with van der Waals surface area (Å²) < 4.78 is 0. The SMILES string of the molecule is CC(N[C@@H]1CCCC[C@H]1N)c1cccc2ccccc12.